The molecule has 0 spiro atoms. The predicted molar refractivity (Wildman–Crippen MR) is 77.4 cm³/mol. The van der Waals surface area contributed by atoms with E-state index in [4.69, 9.17) is 5.11 Å². The number of carbonyl (C=O) groups is 2. The van der Waals surface area contributed by atoms with E-state index >= 15 is 0 Å². The van der Waals surface area contributed by atoms with E-state index in [0.29, 0.717) is 5.56 Å². The first-order valence-corrected chi connectivity index (χ1v) is 6.24. The third-order valence-corrected chi connectivity index (χ3v) is 2.79. The molecule has 2 N–H and O–H groups in total. The van der Waals surface area contributed by atoms with Gasteiger partial charge in [0.25, 0.3) is 0 Å². The summed E-state index contributed by atoms with van der Waals surface area (Å²) in [7, 11) is 0. The first-order chi connectivity index (χ1) is 10.5. The van der Waals surface area contributed by atoms with Gasteiger partial charge in [-0.2, -0.15) is 0 Å². The number of benzene rings is 2. The molecule has 0 aliphatic heterocycles. The van der Waals surface area contributed by atoms with E-state index in [1.807, 2.05) is 0 Å². The van der Waals surface area contributed by atoms with Crippen LogP contribution in [0.1, 0.15) is 15.9 Å². The number of para-hydroxylation sites is 1. The zero-order valence-electron chi connectivity index (χ0n) is 11.2. The third-order valence-electron chi connectivity index (χ3n) is 2.79. The Morgan fingerprint density at radius 2 is 1.77 bits per heavy atom. The second kappa shape index (κ2) is 6.62. The van der Waals surface area contributed by atoms with Crippen LogP contribution >= 0.6 is 0 Å². The number of carboxylic acids is 1. The molecule has 2 rings (SSSR count). The van der Waals surface area contributed by atoms with Gasteiger partial charge in [-0.3, -0.25) is 4.79 Å². The number of hydrogen-bond donors (Lipinski definition) is 2. The van der Waals surface area contributed by atoms with Crippen molar-refractivity contribution < 1.29 is 23.5 Å². The molecule has 2 aromatic rings. The second-order valence-electron chi connectivity index (χ2n) is 4.35. The quantitative estimate of drug-likeness (QED) is 0.852. The summed E-state index contributed by atoms with van der Waals surface area (Å²) >= 11 is 0. The highest BCUT2D eigenvalue weighted by Gasteiger charge is 2.10. The Hall–Kier alpha value is -3.02. The SMILES string of the molecule is O=C(/C=C/c1ccc(F)c(F)c1)Nc1ccccc1C(=O)O. The fourth-order valence-electron chi connectivity index (χ4n) is 1.74. The van der Waals surface area contributed by atoms with Gasteiger partial charge < -0.3 is 10.4 Å². The minimum atomic E-state index is -1.17. The molecule has 0 aliphatic rings. The van der Waals surface area contributed by atoms with Crippen molar-refractivity contribution in [1.82, 2.24) is 0 Å². The van der Waals surface area contributed by atoms with E-state index in [1.54, 1.807) is 6.07 Å². The molecule has 0 radical (unpaired) electrons. The largest absolute Gasteiger partial charge is 0.478 e. The molecule has 0 saturated heterocycles. The van der Waals surface area contributed by atoms with Crippen LogP contribution in [0.4, 0.5) is 14.5 Å². The standard InChI is InChI=1S/C16H11F2NO3/c17-12-7-5-10(9-13(12)18)6-8-15(20)19-14-4-2-1-3-11(14)16(21)22/h1-9H,(H,19,20)(H,21,22)/b8-6+. The van der Waals surface area contributed by atoms with Gasteiger partial charge in [-0.1, -0.05) is 18.2 Å². The van der Waals surface area contributed by atoms with Crippen molar-refractivity contribution in [3.05, 3.63) is 71.3 Å². The number of hydrogen-bond acceptors (Lipinski definition) is 2. The Balaban J connectivity index is 2.11. The summed E-state index contributed by atoms with van der Waals surface area (Å²) in [4.78, 5) is 22.8. The lowest BCUT2D eigenvalue weighted by Crippen LogP contribution is -2.11. The molecule has 0 unspecified atom stereocenters. The molecular formula is C16H11F2NO3. The number of carbonyl (C=O) groups excluding carboxylic acids is 1. The Morgan fingerprint density at radius 3 is 2.45 bits per heavy atom. The third kappa shape index (κ3) is 3.76. The summed E-state index contributed by atoms with van der Waals surface area (Å²) in [6.07, 6.45) is 2.40. The van der Waals surface area contributed by atoms with Crippen molar-refractivity contribution in [2.75, 3.05) is 5.32 Å². The van der Waals surface area contributed by atoms with Gasteiger partial charge in [-0.05, 0) is 35.9 Å². The minimum absolute atomic E-state index is 0.0444. The summed E-state index contributed by atoms with van der Waals surface area (Å²) in [5.74, 6) is -3.74. The average molecular weight is 303 g/mol. The number of rotatable bonds is 4. The molecule has 0 saturated carbocycles. The Labute approximate surface area is 124 Å². The van der Waals surface area contributed by atoms with Crippen LogP contribution in [-0.4, -0.2) is 17.0 Å². The maximum atomic E-state index is 13.0. The molecule has 112 valence electrons. The topological polar surface area (TPSA) is 66.4 Å². The van der Waals surface area contributed by atoms with Gasteiger partial charge in [-0.15, -0.1) is 0 Å². The van der Waals surface area contributed by atoms with Gasteiger partial charge in [0.15, 0.2) is 11.6 Å². The number of anilines is 1. The van der Waals surface area contributed by atoms with Gasteiger partial charge >= 0.3 is 5.97 Å². The van der Waals surface area contributed by atoms with Crippen molar-refractivity contribution in [3.63, 3.8) is 0 Å². The molecular weight excluding hydrogens is 292 g/mol. The summed E-state index contributed by atoms with van der Waals surface area (Å²) in [5, 5.41) is 11.4. The Morgan fingerprint density at radius 1 is 1.05 bits per heavy atom. The summed E-state index contributed by atoms with van der Waals surface area (Å²) in [5.41, 5.74) is 0.410. The lowest BCUT2D eigenvalue weighted by molar-refractivity contribution is -0.111. The molecule has 1 amide bonds. The van der Waals surface area contributed by atoms with Gasteiger partial charge in [0, 0.05) is 6.08 Å². The van der Waals surface area contributed by atoms with Gasteiger partial charge in [0.2, 0.25) is 5.91 Å². The first kappa shape index (κ1) is 15.4. The lowest BCUT2D eigenvalue weighted by Gasteiger charge is -2.05. The van der Waals surface area contributed by atoms with Crippen molar-refractivity contribution in [2.24, 2.45) is 0 Å². The molecule has 0 bridgehead atoms. The molecule has 0 atom stereocenters. The second-order valence-corrected chi connectivity index (χ2v) is 4.35. The maximum absolute atomic E-state index is 13.0. The van der Waals surface area contributed by atoms with E-state index in [2.05, 4.69) is 5.32 Å². The lowest BCUT2D eigenvalue weighted by atomic mass is 10.1. The zero-order valence-corrected chi connectivity index (χ0v) is 11.2. The van der Waals surface area contributed by atoms with Crippen LogP contribution in [0.3, 0.4) is 0 Å². The van der Waals surface area contributed by atoms with Crippen molar-refractivity contribution >= 4 is 23.6 Å². The number of nitrogens with one attached hydrogen (secondary N) is 1. The molecule has 0 aliphatic carbocycles. The molecule has 6 heteroatoms. The van der Waals surface area contributed by atoms with Crippen LogP contribution in [0.25, 0.3) is 6.08 Å². The fourth-order valence-corrected chi connectivity index (χ4v) is 1.74. The van der Waals surface area contributed by atoms with E-state index < -0.39 is 23.5 Å². The monoisotopic (exact) mass is 303 g/mol. The van der Waals surface area contributed by atoms with E-state index in [9.17, 15) is 18.4 Å². The summed E-state index contributed by atoms with van der Waals surface area (Å²) in [6.45, 7) is 0. The number of carboxylic acid groups (broad SMARTS) is 1. The Kier molecular flexibility index (Phi) is 4.63. The number of amides is 1. The van der Waals surface area contributed by atoms with Crippen molar-refractivity contribution in [1.29, 1.82) is 0 Å². The molecule has 22 heavy (non-hydrogen) atoms. The fraction of sp³-hybridized carbons (Fsp3) is 0. The van der Waals surface area contributed by atoms with E-state index in [1.165, 1.54) is 30.3 Å². The summed E-state index contributed by atoms with van der Waals surface area (Å²) in [6, 6.07) is 9.14. The maximum Gasteiger partial charge on any atom is 0.337 e. The summed E-state index contributed by atoms with van der Waals surface area (Å²) < 4.78 is 25.8. The van der Waals surface area contributed by atoms with E-state index in [-0.39, 0.29) is 11.3 Å². The highest BCUT2D eigenvalue weighted by atomic mass is 19.2. The first-order valence-electron chi connectivity index (χ1n) is 6.24. The molecule has 0 heterocycles. The highest BCUT2D eigenvalue weighted by molar-refractivity contribution is 6.06. The van der Waals surface area contributed by atoms with Crippen LogP contribution in [-0.2, 0) is 4.79 Å². The number of halogens is 2. The van der Waals surface area contributed by atoms with Crippen LogP contribution in [0.5, 0.6) is 0 Å². The molecule has 0 aromatic heterocycles. The van der Waals surface area contributed by atoms with Gasteiger partial charge in [0.05, 0.1) is 11.3 Å². The van der Waals surface area contributed by atoms with Crippen LogP contribution in [0, 0.1) is 11.6 Å². The number of aromatic carboxylic acids is 1. The van der Waals surface area contributed by atoms with Gasteiger partial charge in [0.1, 0.15) is 0 Å². The smallest absolute Gasteiger partial charge is 0.337 e. The molecule has 0 fully saturated rings. The highest BCUT2D eigenvalue weighted by Crippen LogP contribution is 2.15. The predicted octanol–water partition coefficient (Wildman–Crippen LogP) is 3.31. The molecule has 2 aromatic carbocycles. The van der Waals surface area contributed by atoms with Crippen molar-refractivity contribution in [3.8, 4) is 0 Å². The molecule has 4 nitrogen and oxygen atoms in total. The zero-order chi connectivity index (χ0) is 16.1. The van der Waals surface area contributed by atoms with Crippen LogP contribution in [0.2, 0.25) is 0 Å². The van der Waals surface area contributed by atoms with E-state index in [0.717, 1.165) is 18.2 Å². The van der Waals surface area contributed by atoms with Crippen LogP contribution < -0.4 is 5.32 Å². The van der Waals surface area contributed by atoms with Crippen LogP contribution in [0.15, 0.2) is 48.5 Å². The normalized spacial score (nSPS) is 10.6. The minimum Gasteiger partial charge on any atom is -0.478 e. The average Bonchev–Trinajstić information content (AvgIpc) is 2.49. The Bertz CT molecular complexity index is 757. The van der Waals surface area contributed by atoms with Gasteiger partial charge in [-0.25, -0.2) is 13.6 Å². The van der Waals surface area contributed by atoms with Crippen molar-refractivity contribution in [2.45, 2.75) is 0 Å².